The summed E-state index contributed by atoms with van der Waals surface area (Å²) in [5.41, 5.74) is 2.80. The summed E-state index contributed by atoms with van der Waals surface area (Å²) < 4.78 is 7.62. The Morgan fingerprint density at radius 2 is 2.04 bits per heavy atom. The molecule has 2 aliphatic heterocycles. The number of nitrogens with zero attached hydrogens (tertiary/aromatic N) is 6. The zero-order valence-electron chi connectivity index (χ0n) is 16.8. The number of piperidine rings is 1. The van der Waals surface area contributed by atoms with Crippen LogP contribution >= 0.6 is 0 Å². The van der Waals surface area contributed by atoms with Gasteiger partial charge in [-0.05, 0) is 32.4 Å². The molecule has 1 N–H and O–H groups in total. The molecule has 4 heterocycles. The Hall–Kier alpha value is -2.21. The van der Waals surface area contributed by atoms with Crippen molar-refractivity contribution in [1.82, 2.24) is 29.5 Å². The third-order valence-corrected chi connectivity index (χ3v) is 5.92. The van der Waals surface area contributed by atoms with E-state index in [2.05, 4.69) is 42.7 Å². The van der Waals surface area contributed by atoms with Crippen LogP contribution in [0.5, 0.6) is 0 Å². The minimum atomic E-state index is 0.399. The summed E-state index contributed by atoms with van der Waals surface area (Å²) in [4.78, 5) is 8.18. The standard InChI is InChI=1S/C20H29N7O/c1-15-17(11-21)10-18(22-15)13-27-5-3-4-16(12-27)20-24-23-19(25(20)2)14-26-6-8-28-9-7-26/h10,16,22H,3-9,12-14H2,1-2H3. The maximum atomic E-state index is 9.17. The Kier molecular flexibility index (Phi) is 5.76. The van der Waals surface area contributed by atoms with E-state index in [0.717, 1.165) is 93.9 Å². The zero-order valence-corrected chi connectivity index (χ0v) is 16.8. The number of likely N-dealkylation sites (tertiary alicyclic amines) is 1. The Morgan fingerprint density at radius 3 is 2.79 bits per heavy atom. The number of hydrogen-bond donors (Lipinski definition) is 1. The van der Waals surface area contributed by atoms with Gasteiger partial charge < -0.3 is 14.3 Å². The molecular formula is C20H29N7O. The molecule has 2 fully saturated rings. The number of H-pyrrole nitrogens is 1. The number of aryl methyl sites for hydroxylation is 1. The normalized spacial score (nSPS) is 21.7. The second kappa shape index (κ2) is 8.43. The van der Waals surface area contributed by atoms with E-state index in [9.17, 15) is 0 Å². The van der Waals surface area contributed by atoms with E-state index in [1.165, 1.54) is 0 Å². The van der Waals surface area contributed by atoms with Gasteiger partial charge in [0.2, 0.25) is 0 Å². The van der Waals surface area contributed by atoms with Crippen molar-refractivity contribution in [2.75, 3.05) is 39.4 Å². The number of morpholine rings is 1. The second-order valence-electron chi connectivity index (χ2n) is 7.94. The lowest BCUT2D eigenvalue weighted by molar-refractivity contribution is 0.0326. The highest BCUT2D eigenvalue weighted by Crippen LogP contribution is 2.27. The van der Waals surface area contributed by atoms with Gasteiger partial charge in [0.05, 0.1) is 25.3 Å². The zero-order chi connectivity index (χ0) is 19.5. The molecule has 28 heavy (non-hydrogen) atoms. The number of aromatic amines is 1. The van der Waals surface area contributed by atoms with Crippen LogP contribution < -0.4 is 0 Å². The first-order chi connectivity index (χ1) is 13.6. The lowest BCUT2D eigenvalue weighted by Crippen LogP contribution is -2.36. The van der Waals surface area contributed by atoms with Gasteiger partial charge in [-0.25, -0.2) is 0 Å². The average Bonchev–Trinajstić information content (AvgIpc) is 3.25. The van der Waals surface area contributed by atoms with Crippen molar-refractivity contribution in [3.8, 4) is 6.07 Å². The summed E-state index contributed by atoms with van der Waals surface area (Å²) in [6.07, 6.45) is 2.30. The molecule has 8 heteroatoms. The van der Waals surface area contributed by atoms with Crippen molar-refractivity contribution in [2.24, 2.45) is 7.05 Å². The quantitative estimate of drug-likeness (QED) is 0.843. The maximum absolute atomic E-state index is 9.17. The van der Waals surface area contributed by atoms with E-state index in [0.29, 0.717) is 5.92 Å². The number of ether oxygens (including phenoxy) is 1. The van der Waals surface area contributed by atoms with Crippen LogP contribution in [0, 0.1) is 18.3 Å². The molecule has 0 saturated carbocycles. The minimum Gasteiger partial charge on any atom is -0.379 e. The van der Waals surface area contributed by atoms with E-state index in [-0.39, 0.29) is 0 Å². The molecule has 0 spiro atoms. The van der Waals surface area contributed by atoms with Gasteiger partial charge in [-0.15, -0.1) is 10.2 Å². The summed E-state index contributed by atoms with van der Waals surface area (Å²) in [5, 5.41) is 18.2. The SMILES string of the molecule is Cc1[nH]c(CN2CCCC(c3nnc(CN4CCOCC4)n3C)C2)cc1C#N. The van der Waals surface area contributed by atoms with Crippen molar-refractivity contribution in [3.63, 3.8) is 0 Å². The molecule has 0 amide bonds. The smallest absolute Gasteiger partial charge is 0.146 e. The molecule has 0 bridgehead atoms. The predicted molar refractivity (Wildman–Crippen MR) is 105 cm³/mol. The Bertz CT molecular complexity index is 843. The number of nitriles is 1. The van der Waals surface area contributed by atoms with Crippen LogP contribution in [0.15, 0.2) is 6.07 Å². The number of hydrogen-bond acceptors (Lipinski definition) is 6. The van der Waals surface area contributed by atoms with Crippen LogP contribution in [-0.4, -0.2) is 68.9 Å². The number of nitrogens with one attached hydrogen (secondary N) is 1. The first-order valence-electron chi connectivity index (χ1n) is 10.1. The van der Waals surface area contributed by atoms with Gasteiger partial charge in [-0.2, -0.15) is 5.26 Å². The molecule has 2 aromatic rings. The van der Waals surface area contributed by atoms with E-state index in [1.807, 2.05) is 13.0 Å². The fourth-order valence-corrected chi connectivity index (χ4v) is 4.31. The topological polar surface area (TPSA) is 86.0 Å². The monoisotopic (exact) mass is 383 g/mol. The van der Waals surface area contributed by atoms with Gasteiger partial charge >= 0.3 is 0 Å². The number of rotatable bonds is 5. The Balaban J connectivity index is 1.40. The van der Waals surface area contributed by atoms with Crippen LogP contribution in [0.25, 0.3) is 0 Å². The van der Waals surface area contributed by atoms with Gasteiger partial charge in [0.15, 0.2) is 0 Å². The maximum Gasteiger partial charge on any atom is 0.146 e. The molecule has 2 aromatic heterocycles. The highest BCUT2D eigenvalue weighted by Gasteiger charge is 2.27. The minimum absolute atomic E-state index is 0.399. The van der Waals surface area contributed by atoms with Crippen LogP contribution in [0.1, 0.15) is 47.4 Å². The largest absolute Gasteiger partial charge is 0.379 e. The van der Waals surface area contributed by atoms with Crippen LogP contribution in [-0.2, 0) is 24.9 Å². The molecule has 150 valence electrons. The lowest BCUT2D eigenvalue weighted by Gasteiger charge is -2.32. The fraction of sp³-hybridized carbons (Fsp3) is 0.650. The molecule has 0 radical (unpaired) electrons. The van der Waals surface area contributed by atoms with Gasteiger partial charge in [-0.1, -0.05) is 0 Å². The molecule has 2 saturated heterocycles. The van der Waals surface area contributed by atoms with E-state index in [1.54, 1.807) is 0 Å². The van der Waals surface area contributed by atoms with E-state index >= 15 is 0 Å². The highest BCUT2D eigenvalue weighted by atomic mass is 16.5. The van der Waals surface area contributed by atoms with Crippen LogP contribution in [0.2, 0.25) is 0 Å². The summed E-state index contributed by atoms with van der Waals surface area (Å²) in [6, 6.07) is 4.22. The van der Waals surface area contributed by atoms with Gasteiger partial charge in [0.25, 0.3) is 0 Å². The predicted octanol–water partition coefficient (Wildman–Crippen LogP) is 1.54. The highest BCUT2D eigenvalue weighted by molar-refractivity contribution is 5.35. The van der Waals surface area contributed by atoms with Crippen molar-refractivity contribution in [2.45, 2.75) is 38.8 Å². The lowest BCUT2D eigenvalue weighted by atomic mass is 9.97. The third-order valence-electron chi connectivity index (χ3n) is 5.92. The van der Waals surface area contributed by atoms with Crippen molar-refractivity contribution < 1.29 is 4.74 Å². The molecule has 0 aromatic carbocycles. The van der Waals surface area contributed by atoms with Gasteiger partial charge in [-0.3, -0.25) is 9.80 Å². The Labute approximate surface area is 166 Å². The fourth-order valence-electron chi connectivity index (χ4n) is 4.31. The second-order valence-corrected chi connectivity index (χ2v) is 7.94. The Morgan fingerprint density at radius 1 is 1.21 bits per heavy atom. The average molecular weight is 384 g/mol. The van der Waals surface area contributed by atoms with Crippen molar-refractivity contribution >= 4 is 0 Å². The molecule has 1 atom stereocenters. The molecule has 8 nitrogen and oxygen atoms in total. The molecular weight excluding hydrogens is 354 g/mol. The van der Waals surface area contributed by atoms with E-state index < -0.39 is 0 Å². The third kappa shape index (κ3) is 4.12. The number of aromatic nitrogens is 4. The summed E-state index contributed by atoms with van der Waals surface area (Å²) in [5.74, 6) is 2.53. The van der Waals surface area contributed by atoms with Crippen LogP contribution in [0.3, 0.4) is 0 Å². The molecule has 1 unspecified atom stereocenters. The molecule has 2 aliphatic rings. The van der Waals surface area contributed by atoms with E-state index in [4.69, 9.17) is 10.00 Å². The first kappa shape index (κ1) is 19.1. The first-order valence-corrected chi connectivity index (χ1v) is 10.1. The van der Waals surface area contributed by atoms with Gasteiger partial charge in [0, 0.05) is 50.5 Å². The summed E-state index contributed by atoms with van der Waals surface area (Å²) >= 11 is 0. The molecule has 0 aliphatic carbocycles. The van der Waals surface area contributed by atoms with Crippen molar-refractivity contribution in [3.05, 3.63) is 34.7 Å². The summed E-state index contributed by atoms with van der Waals surface area (Å²) in [7, 11) is 2.09. The van der Waals surface area contributed by atoms with Crippen molar-refractivity contribution in [1.29, 1.82) is 5.26 Å². The van der Waals surface area contributed by atoms with Gasteiger partial charge in [0.1, 0.15) is 17.7 Å². The molecule has 4 rings (SSSR count). The summed E-state index contributed by atoms with van der Waals surface area (Å²) in [6.45, 7) is 9.20. The van der Waals surface area contributed by atoms with Crippen LogP contribution in [0.4, 0.5) is 0 Å².